The van der Waals surface area contributed by atoms with Crippen molar-refractivity contribution in [2.45, 2.75) is 118 Å². The quantitative estimate of drug-likeness (QED) is 0.175. The van der Waals surface area contributed by atoms with Crippen LogP contribution in [0.3, 0.4) is 0 Å². The molecule has 2 aromatic rings. The largest absolute Gasteiger partial charge is 0.477 e. The highest BCUT2D eigenvalue weighted by atomic mass is 32.1. The minimum Gasteiger partial charge on any atom is -0.477 e. The van der Waals surface area contributed by atoms with Crippen molar-refractivity contribution < 1.29 is 38.5 Å². The lowest BCUT2D eigenvalue weighted by molar-refractivity contribution is 0.0606. The van der Waals surface area contributed by atoms with Crippen molar-refractivity contribution in [1.82, 2.24) is 0 Å². The van der Waals surface area contributed by atoms with E-state index in [0.29, 0.717) is 46.2 Å². The predicted octanol–water partition coefficient (Wildman–Crippen LogP) is 9.59. The molecule has 4 heterocycles. The zero-order chi connectivity index (χ0) is 38.5. The maximum atomic E-state index is 12.5. The average molecular weight is 765 g/mol. The first-order valence-corrected chi connectivity index (χ1v) is 20.3. The summed E-state index contributed by atoms with van der Waals surface area (Å²) in [4.78, 5) is 54.3. The van der Waals surface area contributed by atoms with E-state index in [4.69, 9.17) is 14.2 Å². The molecule has 4 aliphatic rings. The smallest absolute Gasteiger partial charge is 0.414 e. The topological polar surface area (TPSA) is 123 Å². The van der Waals surface area contributed by atoms with Gasteiger partial charge in [-0.15, -0.1) is 22.7 Å². The van der Waals surface area contributed by atoms with Crippen LogP contribution in [0.2, 0.25) is 0 Å². The molecule has 10 nitrogen and oxygen atoms in total. The summed E-state index contributed by atoms with van der Waals surface area (Å²) in [6.07, 6.45) is 10.6. The third kappa shape index (κ3) is 10.2. The Balaban J connectivity index is 0.000000204. The Morgan fingerprint density at radius 1 is 0.717 bits per heavy atom. The van der Waals surface area contributed by atoms with Crippen LogP contribution in [0, 0.1) is 46.3 Å². The number of carbonyl (C=O) groups is 4. The molecule has 1 N–H and O–H groups in total. The van der Waals surface area contributed by atoms with Gasteiger partial charge >= 0.3 is 24.1 Å². The van der Waals surface area contributed by atoms with E-state index in [1.807, 2.05) is 47.6 Å². The summed E-state index contributed by atoms with van der Waals surface area (Å²) in [7, 11) is 1.35. The van der Waals surface area contributed by atoms with Crippen molar-refractivity contribution in [3.8, 4) is 23.7 Å². The monoisotopic (exact) mass is 764 g/mol. The van der Waals surface area contributed by atoms with Crippen LogP contribution in [0.25, 0.3) is 0 Å². The van der Waals surface area contributed by atoms with Crippen molar-refractivity contribution in [2.75, 3.05) is 30.1 Å². The number of rotatable bonds is 6. The van der Waals surface area contributed by atoms with Gasteiger partial charge in [0, 0.05) is 10.8 Å². The second-order valence-corrected chi connectivity index (χ2v) is 18.4. The SMILES string of the molecule is CC(C)(C)C#Cc1cc(N2C(=O)OC[C@H]2C2CCCCC2)c(C(=O)O)s1.COC(=O)c1sc(C#CC(C)(C)C)cc1N1C(=O)OC[C@H]1C1CCCCC1. The molecule has 2 atom stereocenters. The van der Waals surface area contributed by atoms with Crippen LogP contribution < -0.4 is 9.80 Å². The Hall–Kier alpha value is -4.00. The Labute approximate surface area is 321 Å². The first-order chi connectivity index (χ1) is 25.1. The standard InChI is InChI=1S/C21H27NO4S.C20H25NO4S/c1-21(2,3)11-10-15-12-16(18(27-15)19(23)25-4)22-17(13-26-20(22)24)14-8-6-5-7-9-14;1-20(2,3)10-9-14-11-15(17(26-14)18(22)23)21-16(12-25-19(21)24)13-7-5-4-6-8-13/h12,14,17H,5-9,13H2,1-4H3;11,13,16H,4-8,12H2,1-3H3,(H,22,23)/t17-;16-/m00/s1. The molecular formula is C41H52N2O8S2. The molecule has 2 aliphatic carbocycles. The number of carboxylic acid groups (broad SMARTS) is 1. The Morgan fingerprint density at radius 2 is 1.11 bits per heavy atom. The fraction of sp³-hybridized carbons (Fsp3) is 0.610. The van der Waals surface area contributed by atoms with Gasteiger partial charge in [0.2, 0.25) is 0 Å². The Morgan fingerprint density at radius 3 is 1.49 bits per heavy atom. The number of esters is 1. The van der Waals surface area contributed by atoms with E-state index in [-0.39, 0.29) is 33.9 Å². The fourth-order valence-corrected chi connectivity index (χ4v) is 9.05. The first kappa shape index (κ1) is 40.2. The number of ether oxygens (including phenoxy) is 3. The van der Waals surface area contributed by atoms with Crippen molar-refractivity contribution in [1.29, 1.82) is 0 Å². The van der Waals surface area contributed by atoms with E-state index in [1.165, 1.54) is 44.1 Å². The van der Waals surface area contributed by atoms with E-state index in [1.54, 1.807) is 15.9 Å². The summed E-state index contributed by atoms with van der Waals surface area (Å²) in [6.45, 7) is 12.8. The third-order valence-corrected chi connectivity index (χ3v) is 11.9. The molecular weight excluding hydrogens is 713 g/mol. The lowest BCUT2D eigenvalue weighted by Gasteiger charge is -2.31. The lowest BCUT2D eigenvalue weighted by Crippen LogP contribution is -2.40. The second-order valence-electron chi connectivity index (χ2n) is 16.3. The minimum absolute atomic E-state index is 0.0285. The van der Waals surface area contributed by atoms with E-state index in [9.17, 15) is 24.3 Å². The number of nitrogens with zero attached hydrogens (tertiary/aromatic N) is 2. The molecule has 2 saturated carbocycles. The number of anilines is 2. The molecule has 0 spiro atoms. The maximum Gasteiger partial charge on any atom is 0.414 e. The summed E-state index contributed by atoms with van der Waals surface area (Å²) < 4.78 is 15.6. The van der Waals surface area contributed by atoms with Crippen LogP contribution in [0.15, 0.2) is 12.1 Å². The van der Waals surface area contributed by atoms with Crippen LogP contribution in [0.1, 0.15) is 135 Å². The number of hydrogen-bond acceptors (Lipinski definition) is 9. The molecule has 0 unspecified atom stereocenters. The van der Waals surface area contributed by atoms with Crippen molar-refractivity contribution in [3.63, 3.8) is 0 Å². The van der Waals surface area contributed by atoms with Gasteiger partial charge < -0.3 is 19.3 Å². The number of cyclic esters (lactones) is 2. The molecule has 0 radical (unpaired) electrons. The first-order valence-electron chi connectivity index (χ1n) is 18.6. The van der Waals surface area contributed by atoms with Crippen LogP contribution in [-0.2, 0) is 14.2 Å². The van der Waals surface area contributed by atoms with E-state index >= 15 is 0 Å². The highest BCUT2D eigenvalue weighted by Gasteiger charge is 2.43. The van der Waals surface area contributed by atoms with Gasteiger partial charge in [-0.3, -0.25) is 9.80 Å². The molecule has 0 aromatic carbocycles. The van der Waals surface area contributed by atoms with Gasteiger partial charge in [-0.1, -0.05) is 62.2 Å². The molecule has 2 aliphatic heterocycles. The van der Waals surface area contributed by atoms with E-state index in [0.717, 1.165) is 54.7 Å². The zero-order valence-electron chi connectivity index (χ0n) is 32.0. The van der Waals surface area contributed by atoms with Gasteiger partial charge in [-0.2, -0.15) is 0 Å². The average Bonchev–Trinajstić information content (AvgIpc) is 3.91. The number of thiophene rings is 2. The molecule has 6 rings (SSSR count). The zero-order valence-corrected chi connectivity index (χ0v) is 33.6. The van der Waals surface area contributed by atoms with Gasteiger partial charge in [0.25, 0.3) is 0 Å². The summed E-state index contributed by atoms with van der Waals surface area (Å²) in [6, 6.07) is 3.45. The summed E-state index contributed by atoms with van der Waals surface area (Å²) in [5, 5.41) is 9.63. The van der Waals surface area contributed by atoms with Crippen LogP contribution in [0.4, 0.5) is 21.0 Å². The normalized spacial score (nSPS) is 21.0. The molecule has 53 heavy (non-hydrogen) atoms. The van der Waals surface area contributed by atoms with Crippen LogP contribution in [0.5, 0.6) is 0 Å². The summed E-state index contributed by atoms with van der Waals surface area (Å²) in [5.74, 6) is 11.8. The molecule has 2 aromatic heterocycles. The van der Waals surface area contributed by atoms with Gasteiger partial charge in [-0.05, 0) is 91.2 Å². The number of aromatic carboxylic acids is 1. The highest BCUT2D eigenvalue weighted by Crippen LogP contribution is 2.41. The van der Waals surface area contributed by atoms with Gasteiger partial charge in [0.15, 0.2) is 0 Å². The van der Waals surface area contributed by atoms with Gasteiger partial charge in [0.05, 0.1) is 40.3 Å². The van der Waals surface area contributed by atoms with Crippen molar-refractivity contribution in [2.24, 2.45) is 22.7 Å². The molecule has 2 saturated heterocycles. The van der Waals surface area contributed by atoms with Crippen molar-refractivity contribution in [3.05, 3.63) is 31.6 Å². The number of carboxylic acids is 1. The molecule has 286 valence electrons. The third-order valence-electron chi connectivity index (χ3n) is 9.83. The Bertz CT molecular complexity index is 1800. The maximum absolute atomic E-state index is 12.5. The minimum atomic E-state index is -1.03. The van der Waals surface area contributed by atoms with Crippen LogP contribution in [-0.4, -0.2) is 61.6 Å². The predicted molar refractivity (Wildman–Crippen MR) is 208 cm³/mol. The number of amides is 2. The molecule has 2 amide bonds. The highest BCUT2D eigenvalue weighted by molar-refractivity contribution is 7.15. The Kier molecular flexibility index (Phi) is 12.9. The summed E-state index contributed by atoms with van der Waals surface area (Å²) in [5.41, 5.74) is 0.680. The second kappa shape index (κ2) is 17.0. The van der Waals surface area contributed by atoms with E-state index < -0.39 is 18.0 Å². The molecule has 0 bridgehead atoms. The number of carbonyl (C=O) groups excluding carboxylic acids is 3. The summed E-state index contributed by atoms with van der Waals surface area (Å²) >= 11 is 2.40. The van der Waals surface area contributed by atoms with Crippen LogP contribution >= 0.6 is 22.7 Å². The number of hydrogen-bond donors (Lipinski definition) is 1. The van der Waals surface area contributed by atoms with Gasteiger partial charge in [0.1, 0.15) is 23.0 Å². The fourth-order valence-electron chi connectivity index (χ4n) is 7.29. The van der Waals surface area contributed by atoms with Gasteiger partial charge in [-0.25, -0.2) is 19.2 Å². The number of methoxy groups -OCH3 is 1. The van der Waals surface area contributed by atoms with E-state index in [2.05, 4.69) is 23.7 Å². The molecule has 12 heteroatoms. The molecule has 4 fully saturated rings. The van der Waals surface area contributed by atoms with Crippen molar-refractivity contribution >= 4 is 58.2 Å². The lowest BCUT2D eigenvalue weighted by atomic mass is 9.83.